The standard InChI is InChI=1S/C40H50ClN7O5/c1-25-19-30(21-33(53-4)35(25)31-9-10-34(49)44-37(31)50)47-15-11-40(12-16-47)13-17-48(18-14-40)38(51)27-7-5-26(6-8-27)28-20-29(24-45(2)23-28)43-32-22-42-46(3)39(52)36(32)41/h5-8,19,21-22,28-29,31,43H,9-18,20,23-24H2,1-4H3,(H,44,49,50). The number of nitrogens with one attached hydrogen (secondary N) is 2. The van der Waals surface area contributed by atoms with E-state index in [0.29, 0.717) is 24.3 Å². The summed E-state index contributed by atoms with van der Waals surface area (Å²) >= 11 is 6.33. The normalized spacial score (nSPS) is 23.5. The quantitative estimate of drug-likeness (QED) is 0.331. The van der Waals surface area contributed by atoms with Gasteiger partial charge in [-0.05, 0) is 93.2 Å². The van der Waals surface area contributed by atoms with Gasteiger partial charge in [0.25, 0.3) is 11.5 Å². The third-order valence-corrected chi connectivity index (χ3v) is 12.5. The highest BCUT2D eigenvalue weighted by atomic mass is 35.5. The molecule has 12 nitrogen and oxygen atoms in total. The number of nitrogens with zero attached hydrogens (tertiary/aromatic N) is 5. The maximum atomic E-state index is 13.7. The van der Waals surface area contributed by atoms with Crippen LogP contribution in [0.4, 0.5) is 11.4 Å². The molecule has 3 amide bonds. The number of hydrogen-bond acceptors (Lipinski definition) is 9. The van der Waals surface area contributed by atoms with Gasteiger partial charge in [-0.1, -0.05) is 23.7 Å². The Morgan fingerprint density at radius 1 is 1.00 bits per heavy atom. The molecular formula is C40H50ClN7O5. The summed E-state index contributed by atoms with van der Waals surface area (Å²) < 4.78 is 7.02. The molecule has 282 valence electrons. The maximum absolute atomic E-state index is 13.7. The van der Waals surface area contributed by atoms with Gasteiger partial charge in [-0.15, -0.1) is 0 Å². The van der Waals surface area contributed by atoms with Crippen molar-refractivity contribution < 1.29 is 19.1 Å². The zero-order valence-electron chi connectivity index (χ0n) is 31.1. The zero-order valence-corrected chi connectivity index (χ0v) is 31.9. The van der Waals surface area contributed by atoms with Gasteiger partial charge in [0, 0.05) is 81.7 Å². The average Bonchev–Trinajstić information content (AvgIpc) is 3.15. The van der Waals surface area contributed by atoms with Gasteiger partial charge in [-0.2, -0.15) is 5.10 Å². The second kappa shape index (κ2) is 15.1. The Morgan fingerprint density at radius 2 is 1.70 bits per heavy atom. The fourth-order valence-corrected chi connectivity index (χ4v) is 9.24. The van der Waals surface area contributed by atoms with E-state index in [1.54, 1.807) is 20.4 Å². The van der Waals surface area contributed by atoms with Crippen LogP contribution in [-0.2, 0) is 16.6 Å². The summed E-state index contributed by atoms with van der Waals surface area (Å²) in [7, 11) is 5.31. The van der Waals surface area contributed by atoms with Crippen LogP contribution < -0.4 is 25.8 Å². The first-order valence-electron chi connectivity index (χ1n) is 18.8. The number of rotatable bonds is 7. The van der Waals surface area contributed by atoms with E-state index in [-0.39, 0.29) is 51.6 Å². The van der Waals surface area contributed by atoms with E-state index in [1.807, 2.05) is 30.0 Å². The minimum absolute atomic E-state index is 0.0932. The van der Waals surface area contributed by atoms with Crippen molar-refractivity contribution in [3.63, 3.8) is 0 Å². The lowest BCUT2D eigenvalue weighted by molar-refractivity contribution is -0.134. The number of likely N-dealkylation sites (tertiary alicyclic amines) is 2. The summed E-state index contributed by atoms with van der Waals surface area (Å²) in [5.41, 5.74) is 5.34. The van der Waals surface area contributed by atoms with Gasteiger partial charge in [0.15, 0.2) is 0 Å². The Morgan fingerprint density at radius 3 is 2.38 bits per heavy atom. The molecule has 0 bridgehead atoms. The molecule has 2 aromatic carbocycles. The van der Waals surface area contributed by atoms with Gasteiger partial charge < -0.3 is 24.8 Å². The largest absolute Gasteiger partial charge is 0.496 e. The van der Waals surface area contributed by atoms with E-state index in [0.717, 1.165) is 93.8 Å². The molecule has 4 aliphatic rings. The molecule has 1 aromatic heterocycles. The van der Waals surface area contributed by atoms with Crippen LogP contribution in [0.1, 0.15) is 83.8 Å². The number of aryl methyl sites for hydroxylation is 2. The Balaban J connectivity index is 0.929. The molecular weight excluding hydrogens is 694 g/mol. The van der Waals surface area contributed by atoms with Crippen LogP contribution in [0, 0.1) is 12.3 Å². The molecule has 0 saturated carbocycles. The molecule has 4 fully saturated rings. The van der Waals surface area contributed by atoms with Crippen molar-refractivity contribution in [1.82, 2.24) is 24.9 Å². The Labute approximate surface area is 315 Å². The Kier molecular flexibility index (Phi) is 10.5. The Bertz CT molecular complexity index is 1930. The van der Waals surface area contributed by atoms with Crippen LogP contribution >= 0.6 is 11.6 Å². The number of hydrogen-bond donors (Lipinski definition) is 2. The van der Waals surface area contributed by atoms with Crippen LogP contribution in [0.25, 0.3) is 0 Å². The predicted molar refractivity (Wildman–Crippen MR) is 205 cm³/mol. The second-order valence-corrected chi connectivity index (χ2v) is 16.0. The van der Waals surface area contributed by atoms with Gasteiger partial charge in [-0.3, -0.25) is 24.5 Å². The van der Waals surface area contributed by atoms with Crippen molar-refractivity contribution in [1.29, 1.82) is 0 Å². The third kappa shape index (κ3) is 7.66. The van der Waals surface area contributed by atoms with E-state index >= 15 is 0 Å². The monoisotopic (exact) mass is 743 g/mol. The predicted octanol–water partition coefficient (Wildman–Crippen LogP) is 4.69. The first kappa shape index (κ1) is 36.9. The number of amides is 3. The molecule has 2 N–H and O–H groups in total. The summed E-state index contributed by atoms with van der Waals surface area (Å²) in [6.45, 7) is 7.11. The van der Waals surface area contributed by atoms with Crippen LogP contribution in [-0.4, -0.2) is 96.8 Å². The first-order valence-corrected chi connectivity index (χ1v) is 19.1. The summed E-state index contributed by atoms with van der Waals surface area (Å²) in [5, 5.41) is 10.2. The van der Waals surface area contributed by atoms with E-state index in [9.17, 15) is 19.2 Å². The van der Waals surface area contributed by atoms with Crippen molar-refractivity contribution in [3.05, 3.63) is 80.2 Å². The van der Waals surface area contributed by atoms with Crippen LogP contribution in [0.2, 0.25) is 5.02 Å². The van der Waals surface area contributed by atoms with Crippen molar-refractivity contribution in [2.45, 2.75) is 69.7 Å². The Hall–Kier alpha value is -4.42. The van der Waals surface area contributed by atoms with Crippen molar-refractivity contribution in [2.24, 2.45) is 12.5 Å². The number of carbonyl (C=O) groups is 3. The molecule has 0 aliphatic carbocycles. The van der Waals surface area contributed by atoms with E-state index in [2.05, 4.69) is 50.8 Å². The molecule has 3 atom stereocenters. The third-order valence-electron chi connectivity index (χ3n) is 12.1. The first-order chi connectivity index (χ1) is 25.4. The second-order valence-electron chi connectivity index (χ2n) is 15.6. The molecule has 4 aliphatic heterocycles. The molecule has 0 radical (unpaired) electrons. The minimum Gasteiger partial charge on any atom is -0.496 e. The highest BCUT2D eigenvalue weighted by Crippen LogP contribution is 2.44. The smallest absolute Gasteiger partial charge is 0.287 e. The van der Waals surface area contributed by atoms with Crippen LogP contribution in [0.5, 0.6) is 5.75 Å². The molecule has 53 heavy (non-hydrogen) atoms. The fraction of sp³-hybridized carbons (Fsp3) is 0.525. The van der Waals surface area contributed by atoms with Gasteiger partial charge in [0.1, 0.15) is 10.8 Å². The van der Waals surface area contributed by atoms with Gasteiger partial charge in [0.2, 0.25) is 11.8 Å². The summed E-state index contributed by atoms with van der Waals surface area (Å²) in [4.78, 5) is 57.0. The number of likely N-dealkylation sites (N-methyl/N-ethyl adjacent to an activating group) is 1. The van der Waals surface area contributed by atoms with Crippen molar-refractivity contribution >= 4 is 40.7 Å². The lowest BCUT2D eigenvalue weighted by atomic mass is 9.71. The zero-order chi connectivity index (χ0) is 37.4. The number of anilines is 2. The lowest BCUT2D eigenvalue weighted by Gasteiger charge is -2.47. The molecule has 7 rings (SSSR count). The van der Waals surface area contributed by atoms with Gasteiger partial charge >= 0.3 is 0 Å². The molecule has 3 unspecified atom stereocenters. The number of imide groups is 1. The highest BCUT2D eigenvalue weighted by Gasteiger charge is 2.39. The number of ether oxygens (including phenoxy) is 1. The summed E-state index contributed by atoms with van der Waals surface area (Å²) in [6, 6.07) is 12.4. The molecule has 3 aromatic rings. The summed E-state index contributed by atoms with van der Waals surface area (Å²) in [6.07, 6.45) is 7.42. The van der Waals surface area contributed by atoms with Crippen molar-refractivity contribution in [2.75, 3.05) is 63.6 Å². The number of aromatic nitrogens is 2. The van der Waals surface area contributed by atoms with Gasteiger partial charge in [-0.25, -0.2) is 4.68 Å². The van der Waals surface area contributed by atoms with Crippen LogP contribution in [0.15, 0.2) is 47.4 Å². The van der Waals surface area contributed by atoms with Crippen LogP contribution in [0.3, 0.4) is 0 Å². The van der Waals surface area contributed by atoms with E-state index in [4.69, 9.17) is 16.3 Å². The maximum Gasteiger partial charge on any atom is 0.287 e. The van der Waals surface area contributed by atoms with Crippen molar-refractivity contribution in [3.8, 4) is 5.75 Å². The lowest BCUT2D eigenvalue weighted by Crippen LogP contribution is -2.48. The fourth-order valence-electron chi connectivity index (χ4n) is 9.02. The average molecular weight is 744 g/mol. The molecule has 4 saturated heterocycles. The number of halogens is 1. The number of benzene rings is 2. The minimum atomic E-state index is -0.389. The highest BCUT2D eigenvalue weighted by molar-refractivity contribution is 6.32. The molecule has 1 spiro atoms. The SMILES string of the molecule is COc1cc(N2CCC3(CCN(C(=O)c4ccc(C5CC(Nc6cnn(C)c(=O)c6Cl)CN(C)C5)cc4)CC3)CC2)cc(C)c1C1CCC(=O)NC1=O. The number of piperidine rings is 4. The van der Waals surface area contributed by atoms with Gasteiger partial charge in [0.05, 0.1) is 24.9 Å². The van der Waals surface area contributed by atoms with E-state index in [1.165, 1.54) is 10.2 Å². The molecule has 5 heterocycles. The number of methoxy groups -OCH3 is 1. The number of carbonyl (C=O) groups excluding carboxylic acids is 3. The van der Waals surface area contributed by atoms with E-state index < -0.39 is 0 Å². The summed E-state index contributed by atoms with van der Waals surface area (Å²) in [5.74, 6) is 0.195. The molecule has 13 heteroatoms. The topological polar surface area (TPSA) is 129 Å².